The van der Waals surface area contributed by atoms with Gasteiger partial charge >= 0.3 is 17.9 Å². The van der Waals surface area contributed by atoms with Gasteiger partial charge in [-0.15, -0.1) is 0 Å². The van der Waals surface area contributed by atoms with Crippen molar-refractivity contribution in [1.82, 2.24) is 0 Å². The van der Waals surface area contributed by atoms with Gasteiger partial charge in [0.2, 0.25) is 0 Å². The Morgan fingerprint density at radius 2 is 1.45 bits per heavy atom. The molecule has 2 aromatic carbocycles. The zero-order valence-corrected chi connectivity index (χ0v) is 19.4. The summed E-state index contributed by atoms with van der Waals surface area (Å²) in [5.41, 5.74) is 4.23. The standard InChI is InChI=1S/C27H28O6/c1-15(2)25(28)31-22-11-9-20-13-18(7-10-21(20)22)19-8-12-23(32-26(29)16(3)4)24(14-19)33-27(30)17(5)6/h7-8,10,12-15,22H,3,5,9,11H2,1-2,4,6H3. The minimum Gasteiger partial charge on any atom is -0.457 e. The molecule has 6 nitrogen and oxygen atoms in total. The Morgan fingerprint density at radius 3 is 2.06 bits per heavy atom. The zero-order valence-electron chi connectivity index (χ0n) is 19.4. The predicted molar refractivity (Wildman–Crippen MR) is 125 cm³/mol. The Bertz CT molecular complexity index is 1140. The number of fused-ring (bicyclic) bond motifs is 1. The van der Waals surface area contributed by atoms with Gasteiger partial charge in [0.15, 0.2) is 11.5 Å². The number of hydrogen-bond donors (Lipinski definition) is 0. The van der Waals surface area contributed by atoms with Crippen LogP contribution in [0.15, 0.2) is 60.7 Å². The summed E-state index contributed by atoms with van der Waals surface area (Å²) in [5.74, 6) is -1.40. The van der Waals surface area contributed by atoms with E-state index in [4.69, 9.17) is 14.2 Å². The molecular weight excluding hydrogens is 420 g/mol. The van der Waals surface area contributed by atoms with Crippen molar-refractivity contribution in [3.8, 4) is 22.6 Å². The fraction of sp³-hybridized carbons (Fsp3) is 0.296. The average molecular weight is 449 g/mol. The highest BCUT2D eigenvalue weighted by molar-refractivity contribution is 5.91. The van der Waals surface area contributed by atoms with Crippen LogP contribution in [0.25, 0.3) is 11.1 Å². The molecule has 1 aliphatic carbocycles. The number of benzene rings is 2. The van der Waals surface area contributed by atoms with Gasteiger partial charge in [-0.2, -0.15) is 0 Å². The van der Waals surface area contributed by atoms with E-state index >= 15 is 0 Å². The summed E-state index contributed by atoms with van der Waals surface area (Å²) in [7, 11) is 0. The highest BCUT2D eigenvalue weighted by Crippen LogP contribution is 2.39. The van der Waals surface area contributed by atoms with Crippen molar-refractivity contribution in [2.45, 2.75) is 46.6 Å². The topological polar surface area (TPSA) is 78.9 Å². The number of esters is 3. The maximum atomic E-state index is 12.1. The number of rotatable bonds is 7. The molecule has 172 valence electrons. The molecule has 33 heavy (non-hydrogen) atoms. The maximum absolute atomic E-state index is 12.1. The molecule has 0 radical (unpaired) electrons. The van der Waals surface area contributed by atoms with Crippen molar-refractivity contribution in [2.75, 3.05) is 0 Å². The summed E-state index contributed by atoms with van der Waals surface area (Å²) >= 11 is 0. The van der Waals surface area contributed by atoms with Gasteiger partial charge in [0.1, 0.15) is 6.10 Å². The molecule has 0 N–H and O–H groups in total. The second kappa shape index (κ2) is 9.86. The Labute approximate surface area is 193 Å². The summed E-state index contributed by atoms with van der Waals surface area (Å²) in [6.07, 6.45) is 1.31. The highest BCUT2D eigenvalue weighted by atomic mass is 16.6. The second-order valence-corrected chi connectivity index (χ2v) is 8.53. The maximum Gasteiger partial charge on any atom is 0.338 e. The molecule has 0 saturated carbocycles. The third-order valence-corrected chi connectivity index (χ3v) is 5.27. The Morgan fingerprint density at radius 1 is 0.879 bits per heavy atom. The zero-order chi connectivity index (χ0) is 24.3. The molecule has 0 fully saturated rings. The van der Waals surface area contributed by atoms with E-state index in [1.165, 1.54) is 13.8 Å². The molecule has 1 atom stereocenters. The van der Waals surface area contributed by atoms with Gasteiger partial charge in [0.05, 0.1) is 5.92 Å². The fourth-order valence-corrected chi connectivity index (χ4v) is 3.38. The van der Waals surface area contributed by atoms with E-state index in [1.54, 1.807) is 18.2 Å². The van der Waals surface area contributed by atoms with E-state index in [9.17, 15) is 14.4 Å². The van der Waals surface area contributed by atoms with Gasteiger partial charge in [0, 0.05) is 11.1 Å². The Hall–Kier alpha value is -3.67. The van der Waals surface area contributed by atoms with Gasteiger partial charge in [-0.25, -0.2) is 9.59 Å². The molecule has 1 unspecified atom stereocenters. The van der Waals surface area contributed by atoms with Gasteiger partial charge in [-0.3, -0.25) is 4.79 Å². The fourth-order valence-electron chi connectivity index (χ4n) is 3.38. The number of ether oxygens (including phenoxy) is 3. The van der Waals surface area contributed by atoms with Crippen molar-refractivity contribution in [3.05, 3.63) is 71.8 Å². The first-order valence-corrected chi connectivity index (χ1v) is 10.8. The summed E-state index contributed by atoms with van der Waals surface area (Å²) < 4.78 is 16.4. The van der Waals surface area contributed by atoms with Gasteiger partial charge in [0.25, 0.3) is 0 Å². The first-order valence-electron chi connectivity index (χ1n) is 10.8. The lowest BCUT2D eigenvalue weighted by Crippen LogP contribution is -2.14. The molecule has 0 amide bonds. The van der Waals surface area contributed by atoms with Crippen LogP contribution in [0.2, 0.25) is 0 Å². The molecule has 3 rings (SSSR count). The largest absolute Gasteiger partial charge is 0.457 e. The van der Waals surface area contributed by atoms with Crippen LogP contribution < -0.4 is 9.47 Å². The third kappa shape index (κ3) is 5.58. The van der Waals surface area contributed by atoms with E-state index in [2.05, 4.69) is 13.2 Å². The van der Waals surface area contributed by atoms with E-state index in [0.717, 1.165) is 35.1 Å². The number of hydrogen-bond acceptors (Lipinski definition) is 6. The minimum atomic E-state index is -0.622. The minimum absolute atomic E-state index is 0.110. The molecule has 0 saturated heterocycles. The Kier molecular flexibility index (Phi) is 7.16. The van der Waals surface area contributed by atoms with Gasteiger partial charge in [-0.05, 0) is 61.1 Å². The van der Waals surface area contributed by atoms with Crippen molar-refractivity contribution in [3.63, 3.8) is 0 Å². The highest BCUT2D eigenvalue weighted by Gasteiger charge is 2.27. The van der Waals surface area contributed by atoms with Crippen LogP contribution in [-0.4, -0.2) is 17.9 Å². The SMILES string of the molecule is C=C(C)C(=O)Oc1ccc(-c2ccc3c(c2)CCC3OC(=O)C(C)C)cc1OC(=O)C(=C)C. The first-order chi connectivity index (χ1) is 15.6. The average Bonchev–Trinajstić information content (AvgIpc) is 3.16. The summed E-state index contributed by atoms with van der Waals surface area (Å²) in [4.78, 5) is 36.1. The smallest absolute Gasteiger partial charge is 0.338 e. The lowest BCUT2D eigenvalue weighted by molar-refractivity contribution is -0.153. The second-order valence-electron chi connectivity index (χ2n) is 8.53. The molecule has 2 aromatic rings. The molecule has 0 bridgehead atoms. The van der Waals surface area contributed by atoms with Crippen LogP contribution in [0.4, 0.5) is 0 Å². The number of carbonyl (C=O) groups excluding carboxylic acids is 3. The predicted octanol–water partition coefficient (Wildman–Crippen LogP) is 5.50. The van der Waals surface area contributed by atoms with E-state index in [0.29, 0.717) is 0 Å². The number of carbonyl (C=O) groups is 3. The Balaban J connectivity index is 1.92. The lowest BCUT2D eigenvalue weighted by Gasteiger charge is -2.16. The van der Waals surface area contributed by atoms with Crippen molar-refractivity contribution >= 4 is 17.9 Å². The van der Waals surface area contributed by atoms with Crippen LogP contribution in [0, 0.1) is 5.92 Å². The monoisotopic (exact) mass is 448 g/mol. The molecular formula is C27H28O6. The molecule has 0 heterocycles. The third-order valence-electron chi connectivity index (χ3n) is 5.27. The van der Waals surface area contributed by atoms with Gasteiger partial charge in [-0.1, -0.05) is 51.3 Å². The van der Waals surface area contributed by atoms with Crippen LogP contribution in [-0.2, 0) is 25.5 Å². The molecule has 0 aliphatic heterocycles. The van der Waals surface area contributed by atoms with Crippen molar-refractivity contribution in [2.24, 2.45) is 5.92 Å². The van der Waals surface area contributed by atoms with Crippen LogP contribution in [0.3, 0.4) is 0 Å². The number of aryl methyl sites for hydroxylation is 1. The van der Waals surface area contributed by atoms with E-state index < -0.39 is 11.9 Å². The van der Waals surface area contributed by atoms with Gasteiger partial charge < -0.3 is 14.2 Å². The van der Waals surface area contributed by atoms with E-state index in [1.807, 2.05) is 32.0 Å². The normalized spacial score (nSPS) is 14.4. The van der Waals surface area contributed by atoms with Crippen LogP contribution in [0.5, 0.6) is 11.5 Å². The lowest BCUT2D eigenvalue weighted by atomic mass is 9.99. The van der Waals surface area contributed by atoms with Crippen LogP contribution in [0.1, 0.15) is 51.3 Å². The van der Waals surface area contributed by atoms with Crippen molar-refractivity contribution in [1.29, 1.82) is 0 Å². The summed E-state index contributed by atoms with van der Waals surface area (Å²) in [5, 5.41) is 0. The first kappa shape index (κ1) is 24.0. The molecule has 6 heteroatoms. The molecule has 0 aromatic heterocycles. The van der Waals surface area contributed by atoms with Crippen LogP contribution >= 0.6 is 0 Å². The molecule has 0 spiro atoms. The van der Waals surface area contributed by atoms with Crippen molar-refractivity contribution < 1.29 is 28.6 Å². The van der Waals surface area contributed by atoms with E-state index in [-0.39, 0.29) is 40.6 Å². The summed E-state index contributed by atoms with van der Waals surface area (Å²) in [6.45, 7) is 13.9. The molecule has 1 aliphatic rings. The quantitative estimate of drug-likeness (QED) is 0.316. The summed E-state index contributed by atoms with van der Waals surface area (Å²) in [6, 6.07) is 10.9.